The predicted molar refractivity (Wildman–Crippen MR) is 122 cm³/mol. The summed E-state index contributed by atoms with van der Waals surface area (Å²) in [6.45, 7) is 8.44. The third kappa shape index (κ3) is 10.1. The Labute approximate surface area is 234 Å². The molecule has 1 atom stereocenters. The minimum atomic E-state index is -0.931. The molecule has 1 heterocycles. The third-order valence-electron chi connectivity index (χ3n) is 5.29. The summed E-state index contributed by atoms with van der Waals surface area (Å²) in [6.07, 6.45) is 1.67. The number of nitrogens with zero attached hydrogens (tertiary/aromatic N) is 1. The summed E-state index contributed by atoms with van der Waals surface area (Å²) >= 11 is 0. The first-order valence-electron chi connectivity index (χ1n) is 10.4. The molecule has 0 amide bonds. The molecule has 0 aromatic heterocycles. The van der Waals surface area contributed by atoms with Gasteiger partial charge in [-0.2, -0.15) is 30.3 Å². The second kappa shape index (κ2) is 13.9. The van der Waals surface area contributed by atoms with E-state index in [2.05, 4.69) is 11.4 Å². The van der Waals surface area contributed by atoms with Crippen LogP contribution in [0.15, 0.2) is 48.5 Å². The fourth-order valence-electron chi connectivity index (χ4n) is 2.51. The zero-order valence-electron chi connectivity index (χ0n) is 19.7. The van der Waals surface area contributed by atoms with Crippen LogP contribution < -0.4 is 61.6 Å². The number of aliphatic carboxylic acids is 1. The van der Waals surface area contributed by atoms with Crippen LogP contribution in [0.5, 0.6) is 5.75 Å². The van der Waals surface area contributed by atoms with Crippen molar-refractivity contribution in [3.63, 3.8) is 0 Å². The van der Waals surface area contributed by atoms with Crippen molar-refractivity contribution in [2.75, 3.05) is 6.54 Å². The molecule has 2 aromatic carbocycles. The van der Waals surface area contributed by atoms with E-state index in [9.17, 15) is 9.90 Å². The van der Waals surface area contributed by atoms with Gasteiger partial charge in [0.2, 0.25) is 0 Å². The van der Waals surface area contributed by atoms with Crippen molar-refractivity contribution < 1.29 is 75.8 Å². The number of hydrogen-bond acceptors (Lipinski definition) is 4. The van der Waals surface area contributed by atoms with Crippen LogP contribution in [0.1, 0.15) is 46.1 Å². The maximum atomic E-state index is 10.1. The molecule has 32 heavy (non-hydrogen) atoms. The van der Waals surface area contributed by atoms with Gasteiger partial charge in [0.1, 0.15) is 5.75 Å². The molecule has 1 aliphatic heterocycles. The number of hydrogen-bond donors (Lipinski definition) is 2. The van der Waals surface area contributed by atoms with Gasteiger partial charge in [-0.05, 0) is 45.9 Å². The van der Waals surface area contributed by atoms with E-state index in [1.807, 2.05) is 62.4 Å². The maximum Gasteiger partial charge on any atom is 1.00 e. The third-order valence-corrected chi connectivity index (χ3v) is 5.29. The average Bonchev–Trinajstić information content (AvgIpc) is 3.27. The summed E-state index contributed by atoms with van der Waals surface area (Å²) in [4.78, 5) is 10.1. The molecule has 0 aliphatic carbocycles. The summed E-state index contributed by atoms with van der Waals surface area (Å²) < 4.78 is 11.5. The van der Waals surface area contributed by atoms with Crippen LogP contribution in [0.25, 0.3) is 5.32 Å². The predicted octanol–water partition coefficient (Wildman–Crippen LogP) is 0.487. The minimum Gasteiger partial charge on any atom is -0.650 e. The molecule has 1 saturated heterocycles. The molecule has 1 aliphatic rings. The molecule has 167 valence electrons. The van der Waals surface area contributed by atoms with E-state index in [1.165, 1.54) is 0 Å². The van der Waals surface area contributed by atoms with Gasteiger partial charge in [-0.1, -0.05) is 30.4 Å². The molecule has 2 aromatic rings. The number of carboxylic acids is 1. The summed E-state index contributed by atoms with van der Waals surface area (Å²) in [5.74, 6) is 0.0234. The molecule has 8 heteroatoms. The Kier molecular flexibility index (Phi) is 12.7. The van der Waals surface area contributed by atoms with E-state index in [0.717, 1.165) is 36.2 Å². The van der Waals surface area contributed by atoms with Crippen molar-refractivity contribution in [3.8, 4) is 5.75 Å². The van der Waals surface area contributed by atoms with Crippen LogP contribution in [-0.2, 0) is 16.1 Å². The number of carboxylic acid groups (broad SMARTS) is 1. The van der Waals surface area contributed by atoms with Gasteiger partial charge in [0, 0.05) is 0 Å². The second-order valence-electron chi connectivity index (χ2n) is 8.48. The molecule has 1 radical (unpaired) electrons. The van der Waals surface area contributed by atoms with E-state index in [-0.39, 0.29) is 51.4 Å². The molecular formula is C24H31BKNO5-. The van der Waals surface area contributed by atoms with Gasteiger partial charge in [-0.25, -0.2) is 0 Å². The number of benzene rings is 2. The Balaban J connectivity index is 0.000000480. The smallest absolute Gasteiger partial charge is 0.650 e. The topological polar surface area (TPSA) is 90.1 Å². The van der Waals surface area contributed by atoms with Crippen LogP contribution in [0.2, 0.25) is 0 Å². The quantitative estimate of drug-likeness (QED) is 0.440. The fourth-order valence-corrected chi connectivity index (χ4v) is 2.51. The van der Waals surface area contributed by atoms with Crippen molar-refractivity contribution in [2.45, 2.75) is 64.4 Å². The Morgan fingerprint density at radius 1 is 1.22 bits per heavy atom. The molecule has 0 spiro atoms. The Hall–Kier alpha value is -0.709. The van der Waals surface area contributed by atoms with Crippen molar-refractivity contribution >= 4 is 18.9 Å². The molecule has 1 unspecified atom stereocenters. The maximum absolute atomic E-state index is 10.1. The molecule has 0 saturated carbocycles. The Bertz CT molecular complexity index is 803. The van der Waals surface area contributed by atoms with Crippen LogP contribution in [-0.4, -0.2) is 47.5 Å². The summed E-state index contributed by atoms with van der Waals surface area (Å²) in [7, 11) is 1.66. The molecule has 2 N–H and O–H groups in total. The van der Waals surface area contributed by atoms with Crippen molar-refractivity contribution in [3.05, 3.63) is 65.5 Å². The SMILES string of the molecule is CC(C)(O)C(C)(C)O[B]c1ccc(OCc2c[c-]ccc2)cc1.O=C(O)C1CCC[N-]1.[K+]. The van der Waals surface area contributed by atoms with Gasteiger partial charge in [0.25, 0.3) is 5.97 Å². The largest absolute Gasteiger partial charge is 1.00 e. The van der Waals surface area contributed by atoms with Crippen LogP contribution in [0.4, 0.5) is 0 Å². The first kappa shape index (κ1) is 29.3. The van der Waals surface area contributed by atoms with E-state index in [4.69, 9.17) is 14.5 Å². The average molecular weight is 463 g/mol. The first-order valence-corrected chi connectivity index (χ1v) is 10.4. The minimum absolute atomic E-state index is 0. The van der Waals surface area contributed by atoms with Crippen LogP contribution in [0.3, 0.4) is 0 Å². The number of aliphatic hydroxyl groups is 1. The Morgan fingerprint density at radius 3 is 2.38 bits per heavy atom. The van der Waals surface area contributed by atoms with Gasteiger partial charge in [0.05, 0.1) is 17.8 Å². The molecule has 0 bridgehead atoms. The van der Waals surface area contributed by atoms with Crippen molar-refractivity contribution in [1.82, 2.24) is 0 Å². The first-order chi connectivity index (χ1) is 14.6. The van der Waals surface area contributed by atoms with E-state index in [1.54, 1.807) is 21.3 Å². The van der Waals surface area contributed by atoms with E-state index in [0.29, 0.717) is 6.61 Å². The van der Waals surface area contributed by atoms with Gasteiger partial charge in [-0.15, -0.1) is 12.1 Å². The Morgan fingerprint density at radius 2 is 1.91 bits per heavy atom. The van der Waals surface area contributed by atoms with Gasteiger partial charge in [-0.3, -0.25) is 4.79 Å². The zero-order valence-corrected chi connectivity index (χ0v) is 22.8. The molecular weight excluding hydrogens is 432 g/mol. The number of rotatable bonds is 8. The van der Waals surface area contributed by atoms with Gasteiger partial charge in [0.15, 0.2) is 0 Å². The van der Waals surface area contributed by atoms with Crippen LogP contribution >= 0.6 is 0 Å². The van der Waals surface area contributed by atoms with Crippen LogP contribution in [0, 0.1) is 6.07 Å². The molecule has 6 nitrogen and oxygen atoms in total. The molecule has 1 fully saturated rings. The second-order valence-corrected chi connectivity index (χ2v) is 8.48. The number of ether oxygens (including phenoxy) is 1. The normalized spacial score (nSPS) is 15.7. The van der Waals surface area contributed by atoms with Crippen molar-refractivity contribution in [2.24, 2.45) is 0 Å². The fraction of sp³-hybridized carbons (Fsp3) is 0.458. The van der Waals surface area contributed by atoms with Gasteiger partial charge < -0.3 is 24.9 Å². The van der Waals surface area contributed by atoms with E-state index < -0.39 is 23.2 Å². The summed E-state index contributed by atoms with van der Waals surface area (Å²) in [5.41, 5.74) is 0.395. The standard InChI is InChI=1S/C19H23BO3.C5H8NO2.K/c1-18(2,21)19(3,4)23-20-16-10-12-17(13-11-16)22-14-15-8-6-5-7-9-15;7-5(8)4-2-1-3-6-4;/h5-6,8-13,21H,14H2,1-4H3;4H,1-3H2,(H,7,8);/q2*-1;+1. The summed E-state index contributed by atoms with van der Waals surface area (Å²) in [6, 6.07) is 18.0. The molecule has 3 rings (SSSR count). The monoisotopic (exact) mass is 463 g/mol. The van der Waals surface area contributed by atoms with Gasteiger partial charge >= 0.3 is 58.9 Å². The van der Waals surface area contributed by atoms with Crippen molar-refractivity contribution in [1.29, 1.82) is 0 Å². The number of carbonyl (C=O) groups is 1. The van der Waals surface area contributed by atoms with E-state index >= 15 is 0 Å². The summed E-state index contributed by atoms with van der Waals surface area (Å²) in [5, 5.41) is 22.2. The zero-order chi connectivity index (χ0) is 22.9.